The van der Waals surface area contributed by atoms with E-state index in [2.05, 4.69) is 46.9 Å². The van der Waals surface area contributed by atoms with E-state index in [1.165, 1.54) is 11.1 Å². The van der Waals surface area contributed by atoms with Crippen molar-refractivity contribution < 1.29 is 5.11 Å². The molecule has 0 saturated heterocycles. The molecule has 1 aromatic rings. The fraction of sp³-hybridized carbons (Fsp3) is 0.667. The van der Waals surface area contributed by atoms with Crippen LogP contribution in [0.2, 0.25) is 0 Å². The number of aromatic hydroxyl groups is 1. The van der Waals surface area contributed by atoms with Crippen LogP contribution < -0.4 is 5.32 Å². The minimum absolute atomic E-state index is 0.296. The number of hydrogen-bond donors (Lipinski definition) is 2. The molecule has 0 bridgehead atoms. The molecule has 2 nitrogen and oxygen atoms in total. The summed E-state index contributed by atoms with van der Waals surface area (Å²) in [7, 11) is 0. The van der Waals surface area contributed by atoms with Gasteiger partial charge in [-0.25, -0.2) is 0 Å². The van der Waals surface area contributed by atoms with Crippen LogP contribution >= 0.6 is 0 Å². The Kier molecular flexibility index (Phi) is 4.15. The third-order valence-electron chi connectivity index (χ3n) is 5.06. The van der Waals surface area contributed by atoms with E-state index in [0.29, 0.717) is 29.0 Å². The molecule has 2 rings (SSSR count). The highest BCUT2D eigenvalue weighted by Crippen LogP contribution is 2.46. The van der Waals surface area contributed by atoms with Crippen LogP contribution in [0, 0.1) is 18.3 Å². The molecular formula is C18H29NO. The first-order valence-corrected chi connectivity index (χ1v) is 7.77. The van der Waals surface area contributed by atoms with Crippen molar-refractivity contribution >= 4 is 0 Å². The Bertz CT molecular complexity index is 487. The van der Waals surface area contributed by atoms with Gasteiger partial charge < -0.3 is 10.4 Å². The molecule has 3 unspecified atom stereocenters. The van der Waals surface area contributed by atoms with Crippen molar-refractivity contribution in [2.45, 2.75) is 59.9 Å². The number of phenols is 1. The second kappa shape index (κ2) is 5.40. The van der Waals surface area contributed by atoms with Crippen molar-refractivity contribution in [3.63, 3.8) is 0 Å². The van der Waals surface area contributed by atoms with Gasteiger partial charge in [0.2, 0.25) is 0 Å². The van der Waals surface area contributed by atoms with Crippen LogP contribution in [0.3, 0.4) is 0 Å². The summed E-state index contributed by atoms with van der Waals surface area (Å²) in [5.41, 5.74) is 4.11. The number of fused-ring (bicyclic) bond motifs is 1. The molecule has 0 aromatic heterocycles. The molecule has 0 fully saturated rings. The van der Waals surface area contributed by atoms with Crippen molar-refractivity contribution in [1.82, 2.24) is 5.32 Å². The van der Waals surface area contributed by atoms with E-state index in [1.54, 1.807) is 0 Å². The zero-order valence-electron chi connectivity index (χ0n) is 13.7. The van der Waals surface area contributed by atoms with Crippen LogP contribution in [-0.4, -0.2) is 11.7 Å². The number of hydrogen-bond acceptors (Lipinski definition) is 2. The van der Waals surface area contributed by atoms with Crippen molar-refractivity contribution in [3.05, 3.63) is 28.8 Å². The van der Waals surface area contributed by atoms with Gasteiger partial charge in [0.05, 0.1) is 0 Å². The molecule has 0 heterocycles. The summed E-state index contributed by atoms with van der Waals surface area (Å²) < 4.78 is 0. The van der Waals surface area contributed by atoms with Gasteiger partial charge in [-0.2, -0.15) is 0 Å². The zero-order chi connectivity index (χ0) is 15.1. The maximum atomic E-state index is 10.2. The predicted molar refractivity (Wildman–Crippen MR) is 85.2 cm³/mol. The molecule has 0 saturated carbocycles. The average molecular weight is 275 g/mol. The monoisotopic (exact) mass is 275 g/mol. The summed E-state index contributed by atoms with van der Waals surface area (Å²) in [5.74, 6) is 1.59. The van der Waals surface area contributed by atoms with E-state index in [0.717, 1.165) is 18.5 Å². The lowest BCUT2D eigenvalue weighted by Crippen LogP contribution is -2.31. The van der Waals surface area contributed by atoms with Crippen LogP contribution in [-0.2, 0) is 0 Å². The molecule has 1 aliphatic carbocycles. The highest BCUT2D eigenvalue weighted by Gasteiger charge is 2.32. The molecule has 0 amide bonds. The second-order valence-corrected chi connectivity index (χ2v) is 7.59. The smallest absolute Gasteiger partial charge is 0.120 e. The SMILES string of the molecule is Cc1ccc(O)c2c1C(C)CC2NCC(C)C(C)(C)C. The lowest BCUT2D eigenvalue weighted by molar-refractivity contribution is 0.244. The van der Waals surface area contributed by atoms with Crippen LogP contribution in [0.15, 0.2) is 12.1 Å². The summed E-state index contributed by atoms with van der Waals surface area (Å²) in [5, 5.41) is 13.9. The molecule has 3 atom stereocenters. The lowest BCUT2D eigenvalue weighted by Gasteiger charge is -2.29. The average Bonchev–Trinajstić information content (AvgIpc) is 2.68. The van der Waals surface area contributed by atoms with Crippen molar-refractivity contribution in [3.8, 4) is 5.75 Å². The van der Waals surface area contributed by atoms with Gasteiger partial charge in [0.1, 0.15) is 5.75 Å². The van der Waals surface area contributed by atoms with Gasteiger partial charge in [-0.15, -0.1) is 0 Å². The van der Waals surface area contributed by atoms with Crippen LogP contribution in [0.5, 0.6) is 5.75 Å². The number of rotatable bonds is 3. The normalized spacial score (nSPS) is 23.7. The van der Waals surface area contributed by atoms with Crippen molar-refractivity contribution in [1.29, 1.82) is 0 Å². The van der Waals surface area contributed by atoms with Crippen molar-refractivity contribution in [2.24, 2.45) is 11.3 Å². The van der Waals surface area contributed by atoms with Gasteiger partial charge in [0.15, 0.2) is 0 Å². The summed E-state index contributed by atoms with van der Waals surface area (Å²) in [6.07, 6.45) is 1.09. The van der Waals surface area contributed by atoms with Crippen molar-refractivity contribution in [2.75, 3.05) is 6.54 Å². The first-order chi connectivity index (χ1) is 9.21. The fourth-order valence-electron chi connectivity index (χ4n) is 3.15. The number of benzene rings is 1. The van der Waals surface area contributed by atoms with Crippen LogP contribution in [0.25, 0.3) is 0 Å². The van der Waals surface area contributed by atoms with E-state index in [1.807, 2.05) is 12.1 Å². The summed E-state index contributed by atoms with van der Waals surface area (Å²) in [6, 6.07) is 4.17. The predicted octanol–water partition coefficient (Wildman–Crippen LogP) is 4.52. The van der Waals surface area contributed by atoms with Gasteiger partial charge in [-0.05, 0) is 54.3 Å². The maximum Gasteiger partial charge on any atom is 0.120 e. The Labute approximate surface area is 123 Å². The first-order valence-electron chi connectivity index (χ1n) is 7.77. The standard InChI is InChI=1S/C18H29NO/c1-11-7-8-15(20)17-14(9-12(2)16(11)17)19-10-13(3)18(4,5)6/h7-8,12-14,19-20H,9-10H2,1-6H3. The highest BCUT2D eigenvalue weighted by molar-refractivity contribution is 5.50. The third kappa shape index (κ3) is 2.85. The van der Waals surface area contributed by atoms with E-state index in [4.69, 9.17) is 0 Å². The molecular weight excluding hydrogens is 246 g/mol. The van der Waals surface area contributed by atoms with Crippen LogP contribution in [0.1, 0.15) is 69.7 Å². The van der Waals surface area contributed by atoms with Gasteiger partial charge in [-0.3, -0.25) is 0 Å². The Morgan fingerprint density at radius 3 is 2.55 bits per heavy atom. The summed E-state index contributed by atoms with van der Waals surface area (Å²) in [4.78, 5) is 0. The zero-order valence-corrected chi connectivity index (χ0v) is 13.7. The van der Waals surface area contributed by atoms with Gasteiger partial charge in [0.25, 0.3) is 0 Å². The number of aryl methyl sites for hydroxylation is 1. The molecule has 1 aromatic carbocycles. The molecule has 0 radical (unpaired) electrons. The van der Waals surface area contributed by atoms with E-state index < -0.39 is 0 Å². The molecule has 0 aliphatic heterocycles. The summed E-state index contributed by atoms with van der Waals surface area (Å²) >= 11 is 0. The Balaban J connectivity index is 2.17. The van der Waals surface area contributed by atoms with Crippen LogP contribution in [0.4, 0.5) is 0 Å². The highest BCUT2D eigenvalue weighted by atomic mass is 16.3. The number of phenolic OH excluding ortho intramolecular Hbond substituents is 1. The lowest BCUT2D eigenvalue weighted by atomic mass is 9.82. The molecule has 2 N–H and O–H groups in total. The third-order valence-corrected chi connectivity index (χ3v) is 5.06. The molecule has 112 valence electrons. The Morgan fingerprint density at radius 1 is 1.30 bits per heavy atom. The topological polar surface area (TPSA) is 32.3 Å². The van der Waals surface area contributed by atoms with E-state index in [-0.39, 0.29) is 0 Å². The Morgan fingerprint density at radius 2 is 1.95 bits per heavy atom. The minimum atomic E-state index is 0.296. The molecule has 1 aliphatic rings. The maximum absolute atomic E-state index is 10.2. The Hall–Kier alpha value is -1.02. The molecule has 0 spiro atoms. The first kappa shape index (κ1) is 15.4. The molecule has 20 heavy (non-hydrogen) atoms. The molecule has 2 heteroatoms. The van der Waals surface area contributed by atoms with E-state index in [9.17, 15) is 5.11 Å². The quantitative estimate of drug-likeness (QED) is 0.850. The van der Waals surface area contributed by atoms with Gasteiger partial charge in [-0.1, -0.05) is 40.7 Å². The number of nitrogens with one attached hydrogen (secondary N) is 1. The van der Waals surface area contributed by atoms with E-state index >= 15 is 0 Å². The summed E-state index contributed by atoms with van der Waals surface area (Å²) in [6.45, 7) is 14.6. The van der Waals surface area contributed by atoms with Gasteiger partial charge in [0, 0.05) is 11.6 Å². The second-order valence-electron chi connectivity index (χ2n) is 7.59. The fourth-order valence-corrected chi connectivity index (χ4v) is 3.15. The minimum Gasteiger partial charge on any atom is -0.508 e. The largest absolute Gasteiger partial charge is 0.508 e. The van der Waals surface area contributed by atoms with Gasteiger partial charge >= 0.3 is 0 Å².